The summed E-state index contributed by atoms with van der Waals surface area (Å²) in [6.07, 6.45) is 3.65. The van der Waals surface area contributed by atoms with E-state index in [2.05, 4.69) is 53.1 Å². The van der Waals surface area contributed by atoms with E-state index in [9.17, 15) is 0 Å². The van der Waals surface area contributed by atoms with Crippen molar-refractivity contribution < 1.29 is 0 Å². The Morgan fingerprint density at radius 1 is 1.23 bits per heavy atom. The Bertz CT molecular complexity index is 671. The average Bonchev–Trinajstić information content (AvgIpc) is 3.10. The number of likely N-dealkylation sites (N-methyl/N-ethyl adjacent to an activating group) is 1. The van der Waals surface area contributed by atoms with Gasteiger partial charge >= 0.3 is 0 Å². The van der Waals surface area contributed by atoms with Gasteiger partial charge in [0, 0.05) is 24.6 Å². The number of nitrogens with zero attached hydrogens (tertiary/aromatic N) is 3. The second-order valence-electron chi connectivity index (χ2n) is 6.74. The number of aromatic nitrogens is 2. The third-order valence-corrected chi connectivity index (χ3v) is 4.97. The predicted molar refractivity (Wildman–Crippen MR) is 90.0 cm³/mol. The molecule has 2 aliphatic rings. The van der Waals surface area contributed by atoms with E-state index in [4.69, 9.17) is 5.10 Å². The van der Waals surface area contributed by atoms with E-state index in [0.29, 0.717) is 5.92 Å². The van der Waals surface area contributed by atoms with Gasteiger partial charge in [0.05, 0.1) is 11.4 Å². The number of piperidine rings is 1. The molecule has 22 heavy (non-hydrogen) atoms. The Morgan fingerprint density at radius 3 is 2.82 bits per heavy atom. The minimum Gasteiger partial charge on any atom is -0.369 e. The fourth-order valence-corrected chi connectivity index (χ4v) is 3.79. The van der Waals surface area contributed by atoms with Gasteiger partial charge in [0.15, 0.2) is 0 Å². The number of benzene rings is 1. The van der Waals surface area contributed by atoms with Crippen molar-refractivity contribution in [3.63, 3.8) is 0 Å². The van der Waals surface area contributed by atoms with Gasteiger partial charge in [0.25, 0.3) is 0 Å². The van der Waals surface area contributed by atoms with Crippen LogP contribution in [0, 0.1) is 6.92 Å². The van der Waals surface area contributed by atoms with Crippen LogP contribution >= 0.6 is 0 Å². The van der Waals surface area contributed by atoms with Crippen LogP contribution < -0.4 is 5.32 Å². The fourth-order valence-electron chi connectivity index (χ4n) is 3.79. The second-order valence-corrected chi connectivity index (χ2v) is 6.74. The van der Waals surface area contributed by atoms with Crippen LogP contribution in [0.4, 0.5) is 5.82 Å². The van der Waals surface area contributed by atoms with Gasteiger partial charge in [-0.1, -0.05) is 17.7 Å². The summed E-state index contributed by atoms with van der Waals surface area (Å²) in [5.74, 6) is 1.80. The Morgan fingerprint density at radius 2 is 2.05 bits per heavy atom. The molecule has 2 aliphatic heterocycles. The van der Waals surface area contributed by atoms with Crippen molar-refractivity contribution in [2.45, 2.75) is 32.1 Å². The highest BCUT2D eigenvalue weighted by Gasteiger charge is 2.29. The van der Waals surface area contributed by atoms with Crippen molar-refractivity contribution in [1.82, 2.24) is 14.7 Å². The van der Waals surface area contributed by atoms with Gasteiger partial charge in [0.1, 0.15) is 5.82 Å². The molecule has 0 spiro atoms. The number of likely N-dealkylation sites (tertiary alicyclic amines) is 1. The van der Waals surface area contributed by atoms with Crippen LogP contribution in [0.3, 0.4) is 0 Å². The Balaban J connectivity index is 1.74. The molecule has 1 N–H and O–H groups in total. The number of nitrogens with one attached hydrogen (secondary N) is 1. The van der Waals surface area contributed by atoms with Crippen molar-refractivity contribution in [3.05, 3.63) is 41.1 Å². The molecule has 3 heterocycles. The fraction of sp³-hybridized carbons (Fsp3) is 0.500. The maximum atomic E-state index is 5.02. The van der Waals surface area contributed by atoms with Crippen LogP contribution in [0.5, 0.6) is 0 Å². The number of fused-ring (bicyclic) bond motifs is 1. The van der Waals surface area contributed by atoms with Crippen molar-refractivity contribution in [3.8, 4) is 5.69 Å². The van der Waals surface area contributed by atoms with Crippen molar-refractivity contribution >= 4 is 5.82 Å². The minimum absolute atomic E-state index is 0.582. The first kappa shape index (κ1) is 13.8. The summed E-state index contributed by atoms with van der Waals surface area (Å²) in [7, 11) is 2.22. The van der Waals surface area contributed by atoms with Crippen molar-refractivity contribution in [1.29, 1.82) is 0 Å². The van der Waals surface area contributed by atoms with Gasteiger partial charge in [-0.15, -0.1) is 0 Å². The first-order chi connectivity index (χ1) is 10.7. The van der Waals surface area contributed by atoms with Crippen LogP contribution in [0.25, 0.3) is 5.69 Å². The molecule has 4 nitrogen and oxygen atoms in total. The molecule has 1 unspecified atom stereocenters. The molecular formula is C18H24N4. The zero-order chi connectivity index (χ0) is 15.1. The molecule has 1 saturated heterocycles. The molecule has 0 bridgehead atoms. The predicted octanol–water partition coefficient (Wildman–Crippen LogP) is 2.96. The van der Waals surface area contributed by atoms with Gasteiger partial charge < -0.3 is 10.2 Å². The molecule has 1 fully saturated rings. The topological polar surface area (TPSA) is 33.1 Å². The van der Waals surface area contributed by atoms with Crippen LogP contribution in [-0.4, -0.2) is 41.4 Å². The van der Waals surface area contributed by atoms with Crippen LogP contribution in [0.15, 0.2) is 24.3 Å². The van der Waals surface area contributed by atoms with Gasteiger partial charge in [-0.2, -0.15) is 5.10 Å². The third-order valence-electron chi connectivity index (χ3n) is 4.97. The lowest BCUT2D eigenvalue weighted by Crippen LogP contribution is -2.31. The van der Waals surface area contributed by atoms with Gasteiger partial charge in [-0.25, -0.2) is 4.68 Å². The molecule has 0 radical (unpaired) electrons. The molecule has 0 amide bonds. The quantitative estimate of drug-likeness (QED) is 0.925. The Labute approximate surface area is 132 Å². The zero-order valence-corrected chi connectivity index (χ0v) is 13.5. The average molecular weight is 296 g/mol. The zero-order valence-electron chi connectivity index (χ0n) is 13.5. The monoisotopic (exact) mass is 296 g/mol. The number of hydrogen-bond donors (Lipinski definition) is 1. The maximum absolute atomic E-state index is 5.02. The third kappa shape index (κ3) is 2.31. The van der Waals surface area contributed by atoms with Crippen LogP contribution in [0.2, 0.25) is 0 Å². The normalized spacial score (nSPS) is 21.6. The smallest absolute Gasteiger partial charge is 0.133 e. The number of anilines is 1. The highest BCUT2D eigenvalue weighted by molar-refractivity contribution is 5.58. The minimum atomic E-state index is 0.582. The number of hydrogen-bond acceptors (Lipinski definition) is 3. The molecule has 4 rings (SSSR count). The summed E-state index contributed by atoms with van der Waals surface area (Å²) < 4.78 is 2.12. The molecule has 116 valence electrons. The molecule has 2 aromatic rings. The van der Waals surface area contributed by atoms with E-state index in [0.717, 1.165) is 25.2 Å². The Kier molecular flexibility index (Phi) is 3.41. The standard InChI is InChI=1S/C18H24N4/c1-13-5-7-15(8-6-13)22-18-16(9-10-19-18)17(20-22)14-4-3-11-21(2)12-14/h5-8,14,19H,3-4,9-12H2,1-2H3. The Hall–Kier alpha value is -1.81. The summed E-state index contributed by atoms with van der Waals surface area (Å²) in [5.41, 5.74) is 5.22. The molecule has 0 saturated carbocycles. The van der Waals surface area contributed by atoms with Gasteiger partial charge in [-0.05, 0) is 51.9 Å². The van der Waals surface area contributed by atoms with E-state index in [1.807, 2.05) is 0 Å². The lowest BCUT2D eigenvalue weighted by Gasteiger charge is -2.29. The SMILES string of the molecule is Cc1ccc(-n2nc(C3CCCN(C)C3)c3c2NCC3)cc1. The lowest BCUT2D eigenvalue weighted by atomic mass is 9.92. The summed E-state index contributed by atoms with van der Waals surface area (Å²) in [4.78, 5) is 2.44. The molecule has 1 aromatic carbocycles. The summed E-state index contributed by atoms with van der Waals surface area (Å²) >= 11 is 0. The largest absolute Gasteiger partial charge is 0.369 e. The first-order valence-corrected chi connectivity index (χ1v) is 8.33. The second kappa shape index (κ2) is 5.43. The van der Waals surface area contributed by atoms with Gasteiger partial charge in [-0.3, -0.25) is 0 Å². The highest BCUT2D eigenvalue weighted by atomic mass is 15.3. The molecule has 1 aromatic heterocycles. The summed E-state index contributed by atoms with van der Waals surface area (Å²) in [6.45, 7) is 5.51. The highest BCUT2D eigenvalue weighted by Crippen LogP contribution is 2.35. The van der Waals surface area contributed by atoms with Crippen molar-refractivity contribution in [2.24, 2.45) is 0 Å². The molecule has 4 heteroatoms. The molecule has 0 aliphatic carbocycles. The molecule has 1 atom stereocenters. The van der Waals surface area contributed by atoms with E-state index in [-0.39, 0.29) is 0 Å². The van der Waals surface area contributed by atoms with E-state index in [1.165, 1.54) is 42.0 Å². The lowest BCUT2D eigenvalue weighted by molar-refractivity contribution is 0.247. The van der Waals surface area contributed by atoms with E-state index >= 15 is 0 Å². The number of aryl methyl sites for hydroxylation is 1. The van der Waals surface area contributed by atoms with E-state index in [1.54, 1.807) is 0 Å². The first-order valence-electron chi connectivity index (χ1n) is 8.33. The van der Waals surface area contributed by atoms with Crippen molar-refractivity contribution in [2.75, 3.05) is 32.0 Å². The summed E-state index contributed by atoms with van der Waals surface area (Å²) in [5, 5.41) is 8.56. The van der Waals surface area contributed by atoms with Gasteiger partial charge in [0.2, 0.25) is 0 Å². The number of rotatable bonds is 2. The van der Waals surface area contributed by atoms with E-state index < -0.39 is 0 Å². The van der Waals surface area contributed by atoms with Crippen LogP contribution in [0.1, 0.15) is 35.6 Å². The maximum Gasteiger partial charge on any atom is 0.133 e. The molecular weight excluding hydrogens is 272 g/mol. The summed E-state index contributed by atoms with van der Waals surface area (Å²) in [6, 6.07) is 8.65. The van der Waals surface area contributed by atoms with Crippen LogP contribution in [-0.2, 0) is 6.42 Å².